The van der Waals surface area contributed by atoms with Gasteiger partial charge in [0.15, 0.2) is 0 Å². The van der Waals surface area contributed by atoms with Crippen LogP contribution in [0, 0.1) is 47.3 Å². The molecule has 0 spiro atoms. The van der Waals surface area contributed by atoms with Gasteiger partial charge in [-0.1, -0.05) is 54.6 Å². The predicted octanol–water partition coefficient (Wildman–Crippen LogP) is 4.55. The molecule has 5 aliphatic rings. The molecule has 0 N–H and O–H groups in total. The minimum Gasteiger partial charge on any atom is -0.274 e. The van der Waals surface area contributed by atoms with Crippen molar-refractivity contribution in [1.29, 1.82) is 0 Å². The van der Waals surface area contributed by atoms with Gasteiger partial charge in [0.1, 0.15) is 0 Å². The van der Waals surface area contributed by atoms with Crippen LogP contribution in [0.25, 0.3) is 11.1 Å². The van der Waals surface area contributed by atoms with E-state index < -0.39 is 0 Å². The van der Waals surface area contributed by atoms with Crippen LogP contribution in [0.15, 0.2) is 66.7 Å². The summed E-state index contributed by atoms with van der Waals surface area (Å²) < 4.78 is 0. The molecule has 29 heavy (non-hydrogen) atoms. The van der Waals surface area contributed by atoms with E-state index in [-0.39, 0.29) is 23.7 Å². The van der Waals surface area contributed by atoms with Crippen LogP contribution in [0.3, 0.4) is 0 Å². The fourth-order valence-corrected chi connectivity index (χ4v) is 7.83. The highest BCUT2D eigenvalue weighted by molar-refractivity contribution is 6.22. The molecule has 4 bridgehead atoms. The standard InChI is InChI=1S/C26H23NO2/c28-25-23-19-13-20(22-17-10-9-16(11-17)21(19)22)24(23)26(29)27(25)18-8-4-7-15(12-18)14-5-2-1-3-6-14/h1-10,12,16-17,19-24H,11,13H2. The summed E-state index contributed by atoms with van der Waals surface area (Å²) in [6.07, 6.45) is 7.13. The molecule has 0 aromatic heterocycles. The van der Waals surface area contributed by atoms with Crippen molar-refractivity contribution in [1.82, 2.24) is 0 Å². The molecule has 8 unspecified atom stereocenters. The van der Waals surface area contributed by atoms with E-state index in [0.29, 0.717) is 35.5 Å². The summed E-state index contributed by atoms with van der Waals surface area (Å²) in [4.78, 5) is 28.6. The van der Waals surface area contributed by atoms with Gasteiger partial charge in [0.2, 0.25) is 11.8 Å². The molecular weight excluding hydrogens is 358 g/mol. The quantitative estimate of drug-likeness (QED) is 0.435. The molecular formula is C26H23NO2. The lowest BCUT2D eigenvalue weighted by Crippen LogP contribution is -2.38. The molecule has 3 saturated carbocycles. The highest BCUT2D eigenvalue weighted by Gasteiger charge is 2.71. The van der Waals surface area contributed by atoms with Gasteiger partial charge in [-0.2, -0.15) is 0 Å². The molecule has 4 fully saturated rings. The number of carbonyl (C=O) groups excluding carboxylic acids is 2. The maximum atomic E-state index is 13.5. The van der Waals surface area contributed by atoms with Crippen LogP contribution in [-0.4, -0.2) is 11.8 Å². The first-order chi connectivity index (χ1) is 14.2. The van der Waals surface area contributed by atoms with Crippen molar-refractivity contribution in [3.8, 4) is 11.1 Å². The third kappa shape index (κ3) is 1.94. The second-order valence-corrected chi connectivity index (χ2v) is 9.65. The number of hydrogen-bond donors (Lipinski definition) is 0. The first-order valence-corrected chi connectivity index (χ1v) is 10.9. The maximum absolute atomic E-state index is 13.5. The van der Waals surface area contributed by atoms with Gasteiger partial charge in [0.25, 0.3) is 0 Å². The summed E-state index contributed by atoms with van der Waals surface area (Å²) in [6.45, 7) is 0. The van der Waals surface area contributed by atoms with E-state index in [1.807, 2.05) is 42.5 Å². The smallest absolute Gasteiger partial charge is 0.237 e. The summed E-state index contributed by atoms with van der Waals surface area (Å²) in [5, 5.41) is 0. The molecule has 1 heterocycles. The number of imide groups is 1. The van der Waals surface area contributed by atoms with Crippen LogP contribution in [-0.2, 0) is 9.59 Å². The fourth-order valence-electron chi connectivity index (χ4n) is 7.83. The van der Waals surface area contributed by atoms with Crippen molar-refractivity contribution in [2.24, 2.45) is 47.3 Å². The van der Waals surface area contributed by atoms with Crippen molar-refractivity contribution in [2.75, 3.05) is 4.90 Å². The van der Waals surface area contributed by atoms with Crippen molar-refractivity contribution >= 4 is 17.5 Å². The van der Waals surface area contributed by atoms with Crippen LogP contribution in [0.2, 0.25) is 0 Å². The number of hydrogen-bond acceptors (Lipinski definition) is 2. The predicted molar refractivity (Wildman–Crippen MR) is 111 cm³/mol. The number of fused-ring (bicyclic) bond motifs is 12. The molecule has 1 saturated heterocycles. The Bertz CT molecular complexity index is 1030. The van der Waals surface area contributed by atoms with Crippen molar-refractivity contribution in [3.05, 3.63) is 66.7 Å². The number of nitrogens with zero attached hydrogens (tertiary/aromatic N) is 1. The zero-order chi connectivity index (χ0) is 19.3. The van der Waals surface area contributed by atoms with Crippen LogP contribution in [0.4, 0.5) is 5.69 Å². The van der Waals surface area contributed by atoms with Gasteiger partial charge in [-0.15, -0.1) is 0 Å². The summed E-state index contributed by atoms with van der Waals surface area (Å²) in [5.41, 5.74) is 2.88. The number of rotatable bonds is 2. The SMILES string of the molecule is O=C1C2C3CC(C2C(=O)N1c1cccc(-c2ccccc2)c1)C1C2C=CC(C2)C31. The van der Waals surface area contributed by atoms with Gasteiger partial charge in [-0.25, -0.2) is 0 Å². The zero-order valence-corrected chi connectivity index (χ0v) is 16.1. The number of benzene rings is 2. The molecule has 2 aromatic rings. The van der Waals surface area contributed by atoms with E-state index in [4.69, 9.17) is 0 Å². The third-order valence-electron chi connectivity index (χ3n) is 8.65. The zero-order valence-electron chi connectivity index (χ0n) is 16.1. The molecule has 0 radical (unpaired) electrons. The van der Waals surface area contributed by atoms with E-state index in [2.05, 4.69) is 24.3 Å². The maximum Gasteiger partial charge on any atom is 0.237 e. The monoisotopic (exact) mass is 381 g/mol. The first-order valence-electron chi connectivity index (χ1n) is 10.9. The van der Waals surface area contributed by atoms with Crippen molar-refractivity contribution in [3.63, 3.8) is 0 Å². The number of carbonyl (C=O) groups is 2. The minimum absolute atomic E-state index is 0.0583. The molecule has 4 aliphatic carbocycles. The summed E-state index contributed by atoms with van der Waals surface area (Å²) in [6, 6.07) is 18.1. The van der Waals surface area contributed by atoms with Crippen LogP contribution < -0.4 is 4.90 Å². The summed E-state index contributed by atoms with van der Waals surface area (Å²) in [7, 11) is 0. The van der Waals surface area contributed by atoms with Crippen LogP contribution >= 0.6 is 0 Å². The second-order valence-electron chi connectivity index (χ2n) is 9.65. The fraction of sp³-hybridized carbons (Fsp3) is 0.385. The van der Waals surface area contributed by atoms with Gasteiger partial charge in [-0.05, 0) is 71.6 Å². The summed E-state index contributed by atoms with van der Waals surface area (Å²) >= 11 is 0. The van der Waals surface area contributed by atoms with E-state index in [1.165, 1.54) is 11.3 Å². The first kappa shape index (κ1) is 16.2. The topological polar surface area (TPSA) is 37.4 Å². The minimum atomic E-state index is -0.0816. The van der Waals surface area contributed by atoms with Gasteiger partial charge in [-0.3, -0.25) is 14.5 Å². The van der Waals surface area contributed by atoms with Crippen LogP contribution in [0.5, 0.6) is 0 Å². The van der Waals surface area contributed by atoms with Gasteiger partial charge in [0, 0.05) is 0 Å². The Morgan fingerprint density at radius 3 is 1.97 bits per heavy atom. The second kappa shape index (κ2) is 5.47. The molecule has 7 rings (SSSR count). The molecule has 144 valence electrons. The third-order valence-corrected chi connectivity index (χ3v) is 8.65. The lowest BCUT2D eigenvalue weighted by Gasteiger charge is -2.36. The van der Waals surface area contributed by atoms with Gasteiger partial charge >= 0.3 is 0 Å². The Hall–Kier alpha value is -2.68. The van der Waals surface area contributed by atoms with Crippen molar-refractivity contribution in [2.45, 2.75) is 12.8 Å². The number of anilines is 1. The molecule has 1 aliphatic heterocycles. The van der Waals surface area contributed by atoms with Gasteiger partial charge in [0.05, 0.1) is 17.5 Å². The molecule has 2 aromatic carbocycles. The van der Waals surface area contributed by atoms with E-state index in [1.54, 1.807) is 0 Å². The Labute approximate surface area is 170 Å². The summed E-state index contributed by atoms with van der Waals surface area (Å²) in [5.74, 6) is 3.36. The molecule has 3 heteroatoms. The number of allylic oxidation sites excluding steroid dienone is 2. The largest absolute Gasteiger partial charge is 0.274 e. The Balaban J connectivity index is 1.26. The number of amides is 2. The van der Waals surface area contributed by atoms with E-state index in [9.17, 15) is 9.59 Å². The van der Waals surface area contributed by atoms with Gasteiger partial charge < -0.3 is 0 Å². The normalized spacial score (nSPS) is 40.8. The molecule has 3 nitrogen and oxygen atoms in total. The lowest BCUT2D eigenvalue weighted by atomic mass is 9.65. The van der Waals surface area contributed by atoms with Crippen molar-refractivity contribution < 1.29 is 9.59 Å². The lowest BCUT2D eigenvalue weighted by molar-refractivity contribution is -0.123. The Morgan fingerprint density at radius 2 is 1.31 bits per heavy atom. The molecule has 8 atom stereocenters. The highest BCUT2D eigenvalue weighted by atomic mass is 16.2. The average molecular weight is 381 g/mol. The van der Waals surface area contributed by atoms with E-state index in [0.717, 1.165) is 23.2 Å². The molecule has 2 amide bonds. The van der Waals surface area contributed by atoms with E-state index >= 15 is 0 Å². The highest BCUT2D eigenvalue weighted by Crippen LogP contribution is 2.70. The average Bonchev–Trinajstić information content (AvgIpc) is 3.55. The Kier molecular flexibility index (Phi) is 3.05. The Morgan fingerprint density at radius 1 is 0.690 bits per heavy atom. The van der Waals surface area contributed by atoms with Crippen LogP contribution in [0.1, 0.15) is 12.8 Å².